The third kappa shape index (κ3) is 18.5. The standard InChI is InChI=1S/C32H54O4/c1-3-5-7-9-10-11-12-13-14-15-16-18-19-23-29-24-21-22-25-31(29)35-27-30(33)28-36-32(34)26-20-17-8-6-4-2/h19,21-25,30,33H,3-18,20,26-28H2,1-2H3. The van der Waals surface area contributed by atoms with Gasteiger partial charge in [-0.2, -0.15) is 0 Å². The molecule has 0 fully saturated rings. The topological polar surface area (TPSA) is 55.8 Å². The Balaban J connectivity index is 2.15. The van der Waals surface area contributed by atoms with Gasteiger partial charge in [0.1, 0.15) is 25.1 Å². The van der Waals surface area contributed by atoms with Crippen LogP contribution in [-0.2, 0) is 9.53 Å². The van der Waals surface area contributed by atoms with Crippen LogP contribution in [0.5, 0.6) is 5.75 Å². The van der Waals surface area contributed by atoms with Crippen LogP contribution in [0.25, 0.3) is 6.08 Å². The van der Waals surface area contributed by atoms with Crippen LogP contribution in [0.1, 0.15) is 135 Å². The second kappa shape index (κ2) is 23.6. The molecule has 0 aliphatic rings. The number of rotatable bonds is 24. The number of aliphatic hydroxyl groups excluding tert-OH is 1. The van der Waals surface area contributed by atoms with Crippen molar-refractivity contribution in [2.75, 3.05) is 13.2 Å². The predicted molar refractivity (Wildman–Crippen MR) is 152 cm³/mol. The summed E-state index contributed by atoms with van der Waals surface area (Å²) in [5.41, 5.74) is 1.01. The van der Waals surface area contributed by atoms with E-state index in [9.17, 15) is 9.90 Å². The van der Waals surface area contributed by atoms with Crippen LogP contribution in [0.3, 0.4) is 0 Å². The number of para-hydroxylation sites is 1. The molecule has 0 spiro atoms. The lowest BCUT2D eigenvalue weighted by molar-refractivity contribution is -0.147. The zero-order chi connectivity index (χ0) is 26.1. The highest BCUT2D eigenvalue weighted by atomic mass is 16.5. The van der Waals surface area contributed by atoms with Crippen LogP contribution in [0, 0.1) is 0 Å². The van der Waals surface area contributed by atoms with E-state index < -0.39 is 6.10 Å². The van der Waals surface area contributed by atoms with Crippen LogP contribution >= 0.6 is 0 Å². The maximum atomic E-state index is 11.8. The molecule has 0 aromatic heterocycles. The molecule has 0 amide bonds. The van der Waals surface area contributed by atoms with E-state index >= 15 is 0 Å². The summed E-state index contributed by atoms with van der Waals surface area (Å²) in [7, 11) is 0. The molecule has 1 unspecified atom stereocenters. The minimum Gasteiger partial charge on any atom is -0.490 e. The first-order chi connectivity index (χ1) is 17.7. The van der Waals surface area contributed by atoms with Crippen LogP contribution in [0.4, 0.5) is 0 Å². The maximum Gasteiger partial charge on any atom is 0.305 e. The predicted octanol–water partition coefficient (Wildman–Crippen LogP) is 9.04. The highest BCUT2D eigenvalue weighted by molar-refractivity contribution is 5.69. The van der Waals surface area contributed by atoms with Crippen molar-refractivity contribution in [3.05, 3.63) is 35.9 Å². The van der Waals surface area contributed by atoms with Gasteiger partial charge in [-0.1, -0.05) is 134 Å². The Kier molecular flexibility index (Phi) is 21.1. The molecule has 0 bridgehead atoms. The molecule has 0 radical (unpaired) electrons. The van der Waals surface area contributed by atoms with E-state index in [1.54, 1.807) is 0 Å². The molecule has 1 rings (SSSR count). The number of carbonyl (C=O) groups is 1. The number of benzene rings is 1. The Morgan fingerprint density at radius 3 is 1.97 bits per heavy atom. The number of carbonyl (C=O) groups excluding carboxylic acids is 1. The Bertz CT molecular complexity index is 670. The minimum atomic E-state index is -0.831. The van der Waals surface area contributed by atoms with Gasteiger partial charge in [-0.25, -0.2) is 0 Å². The van der Waals surface area contributed by atoms with Gasteiger partial charge in [0, 0.05) is 12.0 Å². The molecule has 0 aliphatic carbocycles. The number of allylic oxidation sites excluding steroid dienone is 1. The zero-order valence-electron chi connectivity index (χ0n) is 23.4. The van der Waals surface area contributed by atoms with Gasteiger partial charge < -0.3 is 14.6 Å². The average molecular weight is 503 g/mol. The van der Waals surface area contributed by atoms with E-state index in [1.807, 2.05) is 24.3 Å². The molecule has 1 aromatic carbocycles. The molecule has 4 heteroatoms. The van der Waals surface area contributed by atoms with E-state index in [2.05, 4.69) is 26.0 Å². The number of esters is 1. The first-order valence-corrected chi connectivity index (χ1v) is 14.9. The summed E-state index contributed by atoms with van der Waals surface area (Å²) < 4.78 is 11.0. The second-order valence-corrected chi connectivity index (χ2v) is 10.1. The Hall–Kier alpha value is -1.81. The first kappa shape index (κ1) is 32.2. The Labute approximate surface area is 221 Å². The van der Waals surface area contributed by atoms with E-state index in [1.165, 1.54) is 83.5 Å². The fraction of sp³-hybridized carbons (Fsp3) is 0.719. The third-order valence-corrected chi connectivity index (χ3v) is 6.54. The van der Waals surface area contributed by atoms with Crippen molar-refractivity contribution < 1.29 is 19.4 Å². The van der Waals surface area contributed by atoms with Gasteiger partial charge in [-0.15, -0.1) is 0 Å². The number of hydrogen-bond donors (Lipinski definition) is 1. The quantitative estimate of drug-likeness (QED) is 0.113. The van der Waals surface area contributed by atoms with Crippen molar-refractivity contribution in [1.29, 1.82) is 0 Å². The van der Waals surface area contributed by atoms with Crippen molar-refractivity contribution in [3.8, 4) is 5.75 Å². The number of ether oxygens (including phenoxy) is 2. The van der Waals surface area contributed by atoms with Crippen LogP contribution < -0.4 is 4.74 Å². The van der Waals surface area contributed by atoms with Crippen LogP contribution in [0.15, 0.2) is 30.3 Å². The molecule has 1 aromatic rings. The molecule has 1 N–H and O–H groups in total. The smallest absolute Gasteiger partial charge is 0.305 e. The molecule has 4 nitrogen and oxygen atoms in total. The summed E-state index contributed by atoms with van der Waals surface area (Å²) in [4.78, 5) is 11.8. The zero-order valence-corrected chi connectivity index (χ0v) is 23.4. The van der Waals surface area contributed by atoms with Gasteiger partial charge in [0.2, 0.25) is 0 Å². The highest BCUT2D eigenvalue weighted by Gasteiger charge is 2.11. The molecule has 206 valence electrons. The number of aliphatic hydroxyl groups is 1. The summed E-state index contributed by atoms with van der Waals surface area (Å²) in [6, 6.07) is 7.86. The number of unbranched alkanes of at least 4 members (excludes halogenated alkanes) is 15. The number of hydrogen-bond acceptors (Lipinski definition) is 4. The maximum absolute atomic E-state index is 11.8. The van der Waals surface area contributed by atoms with Gasteiger partial charge in [-0.3, -0.25) is 4.79 Å². The molecule has 1 atom stereocenters. The molecule has 0 saturated carbocycles. The molecular formula is C32H54O4. The largest absolute Gasteiger partial charge is 0.490 e. The minimum absolute atomic E-state index is 0.0232. The van der Waals surface area contributed by atoms with Crippen molar-refractivity contribution in [2.24, 2.45) is 0 Å². The lowest BCUT2D eigenvalue weighted by Crippen LogP contribution is -2.25. The average Bonchev–Trinajstić information content (AvgIpc) is 2.89. The summed E-state index contributed by atoms with van der Waals surface area (Å²) in [6.45, 7) is 4.53. The van der Waals surface area contributed by atoms with E-state index in [4.69, 9.17) is 9.47 Å². The molecule has 36 heavy (non-hydrogen) atoms. The van der Waals surface area contributed by atoms with E-state index in [-0.39, 0.29) is 19.2 Å². The Morgan fingerprint density at radius 2 is 1.33 bits per heavy atom. The fourth-order valence-electron chi connectivity index (χ4n) is 4.25. The van der Waals surface area contributed by atoms with Gasteiger partial charge in [0.05, 0.1) is 0 Å². The van der Waals surface area contributed by atoms with Gasteiger partial charge in [-0.05, 0) is 25.3 Å². The molecule has 0 heterocycles. The van der Waals surface area contributed by atoms with Crippen molar-refractivity contribution in [2.45, 2.75) is 136 Å². The summed E-state index contributed by atoms with van der Waals surface area (Å²) in [6.07, 6.45) is 25.4. The van der Waals surface area contributed by atoms with Crippen molar-refractivity contribution in [1.82, 2.24) is 0 Å². The van der Waals surface area contributed by atoms with E-state index in [0.29, 0.717) is 6.42 Å². The second-order valence-electron chi connectivity index (χ2n) is 10.1. The van der Waals surface area contributed by atoms with Gasteiger partial charge >= 0.3 is 5.97 Å². The fourth-order valence-corrected chi connectivity index (χ4v) is 4.25. The van der Waals surface area contributed by atoms with E-state index in [0.717, 1.165) is 37.0 Å². The van der Waals surface area contributed by atoms with Crippen molar-refractivity contribution >= 4 is 12.0 Å². The summed E-state index contributed by atoms with van der Waals surface area (Å²) in [5.74, 6) is 0.505. The lowest BCUT2D eigenvalue weighted by atomic mass is 10.0. The van der Waals surface area contributed by atoms with Gasteiger partial charge in [0.15, 0.2) is 0 Å². The molecule has 0 aliphatic heterocycles. The summed E-state index contributed by atoms with van der Waals surface area (Å²) in [5, 5.41) is 10.2. The first-order valence-electron chi connectivity index (χ1n) is 14.9. The Morgan fingerprint density at radius 1 is 0.778 bits per heavy atom. The van der Waals surface area contributed by atoms with Crippen LogP contribution in [0.2, 0.25) is 0 Å². The third-order valence-electron chi connectivity index (χ3n) is 6.54. The highest BCUT2D eigenvalue weighted by Crippen LogP contribution is 2.20. The molecule has 0 saturated heterocycles. The van der Waals surface area contributed by atoms with Crippen LogP contribution in [-0.4, -0.2) is 30.4 Å². The molecular weight excluding hydrogens is 448 g/mol. The van der Waals surface area contributed by atoms with Gasteiger partial charge in [0.25, 0.3) is 0 Å². The lowest BCUT2D eigenvalue weighted by Gasteiger charge is -2.14. The van der Waals surface area contributed by atoms with Crippen molar-refractivity contribution in [3.63, 3.8) is 0 Å². The SMILES string of the molecule is CCCCCCCCCCCCCC=Cc1ccccc1OCC(O)COC(=O)CCCCCCC. The summed E-state index contributed by atoms with van der Waals surface area (Å²) >= 11 is 0. The monoisotopic (exact) mass is 502 g/mol. The normalized spacial score (nSPS) is 12.2.